The van der Waals surface area contributed by atoms with E-state index in [2.05, 4.69) is 44.4 Å². The zero-order valence-corrected chi connectivity index (χ0v) is 22.6. The van der Waals surface area contributed by atoms with Crippen molar-refractivity contribution in [3.8, 4) is 0 Å². The number of benzene rings is 3. The van der Waals surface area contributed by atoms with Crippen molar-refractivity contribution in [3.05, 3.63) is 95.1 Å². The minimum Gasteiger partial charge on any atom is -0.399 e. The van der Waals surface area contributed by atoms with Crippen molar-refractivity contribution < 1.29 is 0 Å². The molecular formula is C31H37ClN6. The second-order valence-corrected chi connectivity index (χ2v) is 10.7. The summed E-state index contributed by atoms with van der Waals surface area (Å²) in [5.74, 6) is 0. The van der Waals surface area contributed by atoms with Crippen LogP contribution in [0.4, 0.5) is 17.1 Å². The maximum atomic E-state index is 6.13. The SMILES string of the molecule is Nc1ccc(CN(Cc2ccc(N)cc2)C2CCN(CCCNc3ccnc4cc(Cl)ccc34)CC2)cc1. The van der Waals surface area contributed by atoms with Crippen LogP contribution in [-0.2, 0) is 13.1 Å². The summed E-state index contributed by atoms with van der Waals surface area (Å²) in [6.45, 7) is 6.13. The smallest absolute Gasteiger partial charge is 0.0737 e. The summed E-state index contributed by atoms with van der Waals surface area (Å²) in [6.07, 6.45) is 5.29. The number of halogens is 1. The molecule has 6 nitrogen and oxygen atoms in total. The van der Waals surface area contributed by atoms with Gasteiger partial charge in [0, 0.05) is 59.3 Å². The number of aromatic nitrogens is 1. The number of pyridine rings is 1. The highest BCUT2D eigenvalue weighted by Gasteiger charge is 2.25. The second-order valence-electron chi connectivity index (χ2n) is 10.3. The molecule has 4 aromatic rings. The fraction of sp³-hybridized carbons (Fsp3) is 0.323. The first-order valence-electron chi connectivity index (χ1n) is 13.5. The van der Waals surface area contributed by atoms with Gasteiger partial charge in [-0.1, -0.05) is 35.9 Å². The van der Waals surface area contributed by atoms with Crippen LogP contribution in [-0.4, -0.2) is 47.0 Å². The highest BCUT2D eigenvalue weighted by Crippen LogP contribution is 2.25. The highest BCUT2D eigenvalue weighted by molar-refractivity contribution is 6.31. The molecule has 38 heavy (non-hydrogen) atoms. The maximum Gasteiger partial charge on any atom is 0.0737 e. The largest absolute Gasteiger partial charge is 0.399 e. The average molecular weight is 529 g/mol. The van der Waals surface area contributed by atoms with Crippen molar-refractivity contribution in [2.24, 2.45) is 0 Å². The van der Waals surface area contributed by atoms with E-state index < -0.39 is 0 Å². The lowest BCUT2D eigenvalue weighted by molar-refractivity contribution is 0.0964. The van der Waals surface area contributed by atoms with Gasteiger partial charge in [0.25, 0.3) is 0 Å². The first kappa shape index (κ1) is 26.3. The molecule has 0 saturated carbocycles. The molecule has 0 unspecified atom stereocenters. The highest BCUT2D eigenvalue weighted by atomic mass is 35.5. The number of nitrogen functional groups attached to an aromatic ring is 2. The van der Waals surface area contributed by atoms with Gasteiger partial charge in [0.1, 0.15) is 0 Å². The summed E-state index contributed by atoms with van der Waals surface area (Å²) in [5.41, 5.74) is 18.1. The lowest BCUT2D eigenvalue weighted by Crippen LogP contribution is -2.44. The maximum absolute atomic E-state index is 6.13. The first-order valence-corrected chi connectivity index (χ1v) is 13.8. The number of hydrogen-bond donors (Lipinski definition) is 3. The van der Waals surface area contributed by atoms with E-state index in [0.29, 0.717) is 11.1 Å². The monoisotopic (exact) mass is 528 g/mol. The normalized spacial score (nSPS) is 14.8. The molecule has 0 bridgehead atoms. The van der Waals surface area contributed by atoms with Crippen LogP contribution >= 0.6 is 11.6 Å². The molecule has 198 valence electrons. The van der Waals surface area contributed by atoms with E-state index in [1.54, 1.807) is 0 Å². The predicted octanol–water partition coefficient (Wildman–Crippen LogP) is 6.02. The van der Waals surface area contributed by atoms with Gasteiger partial charge in [-0.2, -0.15) is 0 Å². The van der Waals surface area contributed by atoms with Gasteiger partial charge in [-0.05, 0) is 98.6 Å². The second kappa shape index (κ2) is 12.5. The Bertz CT molecular complexity index is 1270. The zero-order chi connectivity index (χ0) is 26.3. The number of nitrogens with one attached hydrogen (secondary N) is 1. The van der Waals surface area contributed by atoms with E-state index in [1.165, 1.54) is 24.0 Å². The predicted molar refractivity (Wildman–Crippen MR) is 160 cm³/mol. The standard InChI is InChI=1S/C31H37ClN6/c32-25-6-11-29-30(12-16-36-31(29)20-25)35-15-1-17-37-18-13-28(14-19-37)38(21-23-2-7-26(33)8-3-23)22-24-4-9-27(34)10-5-24/h2-12,16,20,28H,1,13-15,17-19,21-22,33-34H2,(H,35,36). The van der Waals surface area contributed by atoms with Gasteiger partial charge in [-0.3, -0.25) is 9.88 Å². The fourth-order valence-electron chi connectivity index (χ4n) is 5.34. The number of likely N-dealkylation sites (tertiary alicyclic amines) is 1. The molecule has 1 saturated heterocycles. The van der Waals surface area contributed by atoms with Crippen molar-refractivity contribution in [1.82, 2.24) is 14.8 Å². The molecule has 1 aromatic heterocycles. The Balaban J connectivity index is 1.13. The van der Waals surface area contributed by atoms with E-state index in [0.717, 1.165) is 73.7 Å². The van der Waals surface area contributed by atoms with E-state index in [1.807, 2.05) is 54.7 Å². The van der Waals surface area contributed by atoms with Crippen LogP contribution in [0.25, 0.3) is 10.9 Å². The Labute approximate surface area is 230 Å². The molecule has 5 rings (SSSR count). The Morgan fingerprint density at radius 1 is 0.868 bits per heavy atom. The van der Waals surface area contributed by atoms with Crippen LogP contribution in [0.2, 0.25) is 5.02 Å². The molecule has 0 spiro atoms. The molecular weight excluding hydrogens is 492 g/mol. The van der Waals surface area contributed by atoms with Crippen LogP contribution in [0.15, 0.2) is 79.0 Å². The van der Waals surface area contributed by atoms with Gasteiger partial charge in [0.2, 0.25) is 0 Å². The number of rotatable bonds is 10. The Morgan fingerprint density at radius 3 is 2.13 bits per heavy atom. The molecule has 0 radical (unpaired) electrons. The summed E-state index contributed by atoms with van der Waals surface area (Å²) >= 11 is 6.13. The van der Waals surface area contributed by atoms with Gasteiger partial charge < -0.3 is 21.7 Å². The van der Waals surface area contributed by atoms with Gasteiger partial charge in [0.05, 0.1) is 5.52 Å². The van der Waals surface area contributed by atoms with Gasteiger partial charge in [0.15, 0.2) is 0 Å². The van der Waals surface area contributed by atoms with Crippen LogP contribution in [0, 0.1) is 0 Å². The number of anilines is 3. The van der Waals surface area contributed by atoms with E-state index in [9.17, 15) is 0 Å². The molecule has 7 heteroatoms. The van der Waals surface area contributed by atoms with Crippen LogP contribution in [0.3, 0.4) is 0 Å². The Kier molecular flexibility index (Phi) is 8.64. The molecule has 0 amide bonds. The van der Waals surface area contributed by atoms with Gasteiger partial charge in [-0.15, -0.1) is 0 Å². The summed E-state index contributed by atoms with van der Waals surface area (Å²) in [7, 11) is 0. The molecule has 3 aromatic carbocycles. The van der Waals surface area contributed by atoms with Crippen LogP contribution < -0.4 is 16.8 Å². The van der Waals surface area contributed by atoms with Crippen LogP contribution in [0.1, 0.15) is 30.4 Å². The number of fused-ring (bicyclic) bond motifs is 1. The summed E-state index contributed by atoms with van der Waals surface area (Å²) in [6, 6.07) is 25.0. The lowest BCUT2D eigenvalue weighted by atomic mass is 10.0. The summed E-state index contributed by atoms with van der Waals surface area (Å²) in [4.78, 5) is 9.66. The molecule has 1 aliphatic rings. The third kappa shape index (κ3) is 6.95. The summed E-state index contributed by atoms with van der Waals surface area (Å²) < 4.78 is 0. The van der Waals surface area contributed by atoms with Crippen molar-refractivity contribution in [3.63, 3.8) is 0 Å². The molecule has 0 atom stereocenters. The third-order valence-corrected chi connectivity index (χ3v) is 7.71. The number of piperidine rings is 1. The number of nitrogens with two attached hydrogens (primary N) is 2. The Morgan fingerprint density at radius 2 is 1.50 bits per heavy atom. The van der Waals surface area contributed by atoms with E-state index >= 15 is 0 Å². The number of nitrogens with zero attached hydrogens (tertiary/aromatic N) is 3. The third-order valence-electron chi connectivity index (χ3n) is 7.48. The molecule has 2 heterocycles. The number of hydrogen-bond acceptors (Lipinski definition) is 6. The molecule has 0 aliphatic carbocycles. The topological polar surface area (TPSA) is 83.4 Å². The van der Waals surface area contributed by atoms with E-state index in [4.69, 9.17) is 23.1 Å². The molecule has 1 fully saturated rings. The molecule has 5 N–H and O–H groups in total. The van der Waals surface area contributed by atoms with Gasteiger partial charge in [-0.25, -0.2) is 0 Å². The lowest BCUT2D eigenvalue weighted by Gasteiger charge is -2.39. The zero-order valence-electron chi connectivity index (χ0n) is 21.8. The van der Waals surface area contributed by atoms with Crippen molar-refractivity contribution in [2.75, 3.05) is 43.0 Å². The van der Waals surface area contributed by atoms with Crippen molar-refractivity contribution in [2.45, 2.75) is 38.4 Å². The van der Waals surface area contributed by atoms with Crippen molar-refractivity contribution >= 4 is 39.6 Å². The van der Waals surface area contributed by atoms with Crippen LogP contribution in [0.5, 0.6) is 0 Å². The van der Waals surface area contributed by atoms with E-state index in [-0.39, 0.29) is 0 Å². The fourth-order valence-corrected chi connectivity index (χ4v) is 5.50. The average Bonchev–Trinajstić information content (AvgIpc) is 2.93. The quantitative estimate of drug-likeness (QED) is 0.172. The minimum absolute atomic E-state index is 0.550. The van der Waals surface area contributed by atoms with Crippen molar-refractivity contribution in [1.29, 1.82) is 0 Å². The Hall–Kier alpha value is -3.32. The minimum atomic E-state index is 0.550. The van der Waals surface area contributed by atoms with Gasteiger partial charge >= 0.3 is 0 Å². The summed E-state index contributed by atoms with van der Waals surface area (Å²) in [5, 5.41) is 5.43. The first-order chi connectivity index (χ1) is 18.5. The molecule has 1 aliphatic heterocycles.